The van der Waals surface area contributed by atoms with E-state index in [1.807, 2.05) is 0 Å². The van der Waals surface area contributed by atoms with E-state index in [0.29, 0.717) is 13.2 Å². The fraction of sp³-hybridized carbons (Fsp3) is 0.867. The number of carbonyl (C=O) groups excluding carboxylic acids is 2. The van der Waals surface area contributed by atoms with E-state index in [0.717, 1.165) is 5.06 Å². The molecule has 0 rings (SSSR count). The number of amides is 2. The minimum Gasteiger partial charge on any atom is -0.444 e. The summed E-state index contributed by atoms with van der Waals surface area (Å²) in [4.78, 5) is 28.1. The molecule has 0 radical (unpaired) electrons. The van der Waals surface area contributed by atoms with Crippen LogP contribution in [0.1, 0.15) is 41.5 Å². The van der Waals surface area contributed by atoms with Crippen molar-refractivity contribution in [2.75, 3.05) is 33.4 Å². The summed E-state index contributed by atoms with van der Waals surface area (Å²) in [6, 6.07) is 0. The normalized spacial score (nSPS) is 11.8. The molecule has 0 aliphatic carbocycles. The van der Waals surface area contributed by atoms with Gasteiger partial charge >= 0.3 is 12.2 Å². The zero-order chi connectivity index (χ0) is 18.1. The molecule has 0 aliphatic rings. The lowest BCUT2D eigenvalue weighted by atomic mass is 10.2. The molecule has 0 heterocycles. The highest BCUT2D eigenvalue weighted by molar-refractivity contribution is 5.67. The summed E-state index contributed by atoms with van der Waals surface area (Å²) in [7, 11) is 1.47. The molecule has 8 heteroatoms. The largest absolute Gasteiger partial charge is 0.444 e. The first-order valence-electron chi connectivity index (χ1n) is 7.55. The molecular weight excluding hydrogens is 304 g/mol. The Morgan fingerprint density at radius 3 is 2.00 bits per heavy atom. The fourth-order valence-electron chi connectivity index (χ4n) is 1.25. The lowest BCUT2D eigenvalue weighted by molar-refractivity contribution is -0.141. The maximum atomic E-state index is 11.6. The molecule has 0 aromatic carbocycles. The van der Waals surface area contributed by atoms with Gasteiger partial charge in [-0.2, -0.15) is 5.06 Å². The average molecular weight is 334 g/mol. The molecule has 1 N–H and O–H groups in total. The van der Waals surface area contributed by atoms with E-state index in [1.54, 1.807) is 41.5 Å². The van der Waals surface area contributed by atoms with Crippen LogP contribution in [0.4, 0.5) is 9.59 Å². The number of hydrogen-bond donors (Lipinski definition) is 1. The van der Waals surface area contributed by atoms with Crippen LogP contribution >= 0.6 is 0 Å². The number of hydrogen-bond acceptors (Lipinski definition) is 6. The van der Waals surface area contributed by atoms with Crippen molar-refractivity contribution in [2.45, 2.75) is 52.7 Å². The van der Waals surface area contributed by atoms with Crippen molar-refractivity contribution in [1.82, 2.24) is 10.4 Å². The van der Waals surface area contributed by atoms with Gasteiger partial charge in [0.05, 0.1) is 19.8 Å². The predicted octanol–water partition coefficient (Wildman–Crippen LogP) is 2.33. The van der Waals surface area contributed by atoms with Crippen LogP contribution in [0.2, 0.25) is 0 Å². The molecule has 0 unspecified atom stereocenters. The maximum Gasteiger partial charge on any atom is 0.434 e. The Kier molecular flexibility index (Phi) is 8.93. The van der Waals surface area contributed by atoms with Gasteiger partial charge in [0.25, 0.3) is 0 Å². The van der Waals surface area contributed by atoms with E-state index in [1.165, 1.54) is 7.05 Å². The minimum absolute atomic E-state index is 0.197. The Morgan fingerprint density at radius 2 is 1.48 bits per heavy atom. The van der Waals surface area contributed by atoms with E-state index in [4.69, 9.17) is 19.0 Å². The monoisotopic (exact) mass is 334 g/mol. The smallest absolute Gasteiger partial charge is 0.434 e. The van der Waals surface area contributed by atoms with Gasteiger partial charge in [-0.25, -0.2) is 9.59 Å². The molecule has 0 aromatic rings. The maximum absolute atomic E-state index is 11.6. The van der Waals surface area contributed by atoms with Gasteiger partial charge in [0, 0.05) is 13.6 Å². The van der Waals surface area contributed by atoms with Crippen LogP contribution in [0.15, 0.2) is 0 Å². The van der Waals surface area contributed by atoms with E-state index in [-0.39, 0.29) is 13.2 Å². The molecule has 0 spiro atoms. The molecule has 0 saturated heterocycles. The molecule has 0 fully saturated rings. The Labute approximate surface area is 138 Å². The Morgan fingerprint density at radius 1 is 0.913 bits per heavy atom. The summed E-state index contributed by atoms with van der Waals surface area (Å²) in [6.07, 6.45) is -1.05. The van der Waals surface area contributed by atoms with E-state index >= 15 is 0 Å². The molecule has 0 saturated carbocycles. The first kappa shape index (κ1) is 21.5. The highest BCUT2D eigenvalue weighted by Crippen LogP contribution is 2.09. The average Bonchev–Trinajstić information content (AvgIpc) is 2.33. The van der Waals surface area contributed by atoms with Crippen LogP contribution in [0.5, 0.6) is 0 Å². The van der Waals surface area contributed by atoms with Crippen LogP contribution in [0.3, 0.4) is 0 Å². The van der Waals surface area contributed by atoms with Crippen LogP contribution in [0, 0.1) is 0 Å². The number of carbonyl (C=O) groups is 2. The van der Waals surface area contributed by atoms with Gasteiger partial charge < -0.3 is 19.5 Å². The number of rotatable bonds is 7. The number of ether oxygens (including phenoxy) is 3. The molecule has 8 nitrogen and oxygen atoms in total. The third-order valence-corrected chi connectivity index (χ3v) is 2.08. The third-order valence-electron chi connectivity index (χ3n) is 2.08. The molecule has 2 amide bonds. The summed E-state index contributed by atoms with van der Waals surface area (Å²) in [5.74, 6) is 0. The van der Waals surface area contributed by atoms with E-state index < -0.39 is 23.4 Å². The zero-order valence-electron chi connectivity index (χ0n) is 15.2. The van der Waals surface area contributed by atoms with Gasteiger partial charge in [0.1, 0.15) is 11.2 Å². The van der Waals surface area contributed by atoms with Crippen LogP contribution in [-0.4, -0.2) is 61.9 Å². The van der Waals surface area contributed by atoms with Crippen molar-refractivity contribution in [3.63, 3.8) is 0 Å². The van der Waals surface area contributed by atoms with Gasteiger partial charge in [0.2, 0.25) is 0 Å². The fourth-order valence-corrected chi connectivity index (χ4v) is 1.25. The zero-order valence-corrected chi connectivity index (χ0v) is 15.2. The second kappa shape index (κ2) is 9.57. The topological polar surface area (TPSA) is 86.3 Å². The second-order valence-corrected chi connectivity index (χ2v) is 6.85. The summed E-state index contributed by atoms with van der Waals surface area (Å²) < 4.78 is 15.5. The first-order chi connectivity index (χ1) is 10.4. The summed E-state index contributed by atoms with van der Waals surface area (Å²) in [5.41, 5.74) is -1.09. The van der Waals surface area contributed by atoms with Crippen molar-refractivity contribution < 1.29 is 28.6 Å². The molecule has 0 aromatic heterocycles. The van der Waals surface area contributed by atoms with Crippen molar-refractivity contribution >= 4 is 12.2 Å². The standard InChI is InChI=1S/C15H30N2O6/c1-14(2,3)22-12(18)16-8-9-20-10-11-21-17(7)13(19)23-15(4,5)6/h8-11H2,1-7H3,(H,16,18). The third kappa shape index (κ3) is 13.8. The minimum atomic E-state index is -0.571. The van der Waals surface area contributed by atoms with Crippen molar-refractivity contribution in [3.05, 3.63) is 0 Å². The number of hydroxylamine groups is 2. The molecule has 23 heavy (non-hydrogen) atoms. The molecule has 0 bridgehead atoms. The molecule has 0 atom stereocenters. The van der Waals surface area contributed by atoms with Crippen molar-refractivity contribution in [1.29, 1.82) is 0 Å². The van der Waals surface area contributed by atoms with Crippen LogP contribution in [0.25, 0.3) is 0 Å². The number of alkyl carbamates (subject to hydrolysis) is 1. The van der Waals surface area contributed by atoms with Gasteiger partial charge in [-0.15, -0.1) is 0 Å². The predicted molar refractivity (Wildman–Crippen MR) is 85.0 cm³/mol. The molecule has 0 aliphatic heterocycles. The quantitative estimate of drug-likeness (QED) is 0.568. The molecular formula is C15H30N2O6. The number of nitrogens with one attached hydrogen (secondary N) is 1. The van der Waals surface area contributed by atoms with E-state index in [9.17, 15) is 9.59 Å². The van der Waals surface area contributed by atoms with Crippen molar-refractivity contribution in [2.24, 2.45) is 0 Å². The Balaban J connectivity index is 3.63. The lowest BCUT2D eigenvalue weighted by Crippen LogP contribution is -2.35. The summed E-state index contributed by atoms with van der Waals surface area (Å²) in [6.45, 7) is 11.8. The van der Waals surface area contributed by atoms with Gasteiger partial charge in [-0.05, 0) is 41.5 Å². The summed E-state index contributed by atoms with van der Waals surface area (Å²) in [5, 5.41) is 3.59. The SMILES string of the molecule is CN(OCCOCCNC(=O)OC(C)(C)C)C(=O)OC(C)(C)C. The summed E-state index contributed by atoms with van der Waals surface area (Å²) >= 11 is 0. The molecule has 136 valence electrons. The van der Waals surface area contributed by atoms with Crippen LogP contribution in [-0.2, 0) is 19.0 Å². The Hall–Kier alpha value is -1.54. The second-order valence-electron chi connectivity index (χ2n) is 6.85. The highest BCUT2D eigenvalue weighted by Gasteiger charge is 2.20. The van der Waals surface area contributed by atoms with Gasteiger partial charge in [0.15, 0.2) is 0 Å². The van der Waals surface area contributed by atoms with Crippen molar-refractivity contribution in [3.8, 4) is 0 Å². The number of nitrogens with zero attached hydrogens (tertiary/aromatic N) is 1. The Bertz CT molecular complexity index is 373. The highest BCUT2D eigenvalue weighted by atomic mass is 16.7. The first-order valence-corrected chi connectivity index (χ1v) is 7.55. The van der Waals surface area contributed by atoms with Gasteiger partial charge in [-0.1, -0.05) is 0 Å². The van der Waals surface area contributed by atoms with Crippen LogP contribution < -0.4 is 5.32 Å². The lowest BCUT2D eigenvalue weighted by Gasteiger charge is -2.24. The van der Waals surface area contributed by atoms with E-state index in [2.05, 4.69) is 5.32 Å². The van der Waals surface area contributed by atoms with Gasteiger partial charge in [-0.3, -0.25) is 4.84 Å².